The van der Waals surface area contributed by atoms with E-state index in [1.165, 1.54) is 12.8 Å². The first-order valence-electron chi connectivity index (χ1n) is 5.87. The minimum absolute atomic E-state index is 0.655. The molecule has 1 fully saturated rings. The van der Waals surface area contributed by atoms with Gasteiger partial charge in [-0.1, -0.05) is 32.7 Å². The third kappa shape index (κ3) is 2.76. The van der Waals surface area contributed by atoms with Gasteiger partial charge in [-0.05, 0) is 31.0 Å². The first-order chi connectivity index (χ1) is 8.72. The molecule has 1 saturated carbocycles. The Morgan fingerprint density at radius 1 is 1.39 bits per heavy atom. The molecule has 0 unspecified atom stereocenters. The van der Waals surface area contributed by atoms with Gasteiger partial charge < -0.3 is 9.84 Å². The molecule has 0 amide bonds. The molecule has 1 aromatic heterocycles. The topological polar surface area (TPSA) is 38.1 Å². The van der Waals surface area contributed by atoms with Gasteiger partial charge in [0.15, 0.2) is 5.76 Å². The predicted octanol–water partition coefficient (Wildman–Crippen LogP) is 4.01. The van der Waals surface area contributed by atoms with Gasteiger partial charge in [0.2, 0.25) is 0 Å². The summed E-state index contributed by atoms with van der Waals surface area (Å²) in [7, 11) is 0. The molecule has 18 heavy (non-hydrogen) atoms. The van der Waals surface area contributed by atoms with Gasteiger partial charge in [0.25, 0.3) is 0 Å². The van der Waals surface area contributed by atoms with Gasteiger partial charge in [-0.25, -0.2) is 0 Å². The lowest BCUT2D eigenvalue weighted by molar-refractivity contribution is 0.420. The second-order valence-corrected chi connectivity index (χ2v) is 5.78. The molecule has 0 atom stereocenters. The first-order valence-corrected chi connectivity index (χ1v) is 7.04. The number of nitrogens with one attached hydrogen (secondary N) is 1. The Bertz CT molecular complexity index is 566. The molecule has 2 aromatic rings. The van der Waals surface area contributed by atoms with Crippen molar-refractivity contribution in [3.8, 4) is 11.3 Å². The summed E-state index contributed by atoms with van der Waals surface area (Å²) in [6.45, 7) is 0.752. The quantitative estimate of drug-likeness (QED) is 0.922. The Hall–Kier alpha value is -0.840. The van der Waals surface area contributed by atoms with Crippen molar-refractivity contribution in [2.75, 3.05) is 0 Å². The highest BCUT2D eigenvalue weighted by Gasteiger charge is 2.20. The van der Waals surface area contributed by atoms with E-state index in [4.69, 9.17) is 16.1 Å². The lowest BCUT2D eigenvalue weighted by Gasteiger charge is -1.99. The van der Waals surface area contributed by atoms with Crippen LogP contribution >= 0.6 is 27.5 Å². The van der Waals surface area contributed by atoms with Crippen molar-refractivity contribution >= 4 is 27.5 Å². The standard InChI is InChI=1S/C13H12BrClN2O/c14-8-1-4-11(12(15)5-8)13-6-10(17-18-13)7-16-9-2-3-9/h1,4-6,9,16H,2-3,7H2. The molecular formula is C13H12BrClN2O. The van der Waals surface area contributed by atoms with Gasteiger partial charge in [0.1, 0.15) is 0 Å². The van der Waals surface area contributed by atoms with Crippen LogP contribution in [0.15, 0.2) is 33.3 Å². The Morgan fingerprint density at radius 2 is 2.22 bits per heavy atom. The van der Waals surface area contributed by atoms with Crippen LogP contribution in [0, 0.1) is 0 Å². The van der Waals surface area contributed by atoms with E-state index in [9.17, 15) is 0 Å². The average molecular weight is 328 g/mol. The number of hydrogen-bond donors (Lipinski definition) is 1. The smallest absolute Gasteiger partial charge is 0.168 e. The van der Waals surface area contributed by atoms with Gasteiger partial charge >= 0.3 is 0 Å². The van der Waals surface area contributed by atoms with E-state index in [0.717, 1.165) is 22.3 Å². The van der Waals surface area contributed by atoms with E-state index < -0.39 is 0 Å². The highest BCUT2D eigenvalue weighted by atomic mass is 79.9. The summed E-state index contributed by atoms with van der Waals surface area (Å²) in [5.74, 6) is 0.708. The molecule has 5 heteroatoms. The molecule has 1 aromatic carbocycles. The van der Waals surface area contributed by atoms with Gasteiger partial charge in [-0.3, -0.25) is 0 Å². The number of rotatable bonds is 4. The minimum Gasteiger partial charge on any atom is -0.356 e. The fourth-order valence-electron chi connectivity index (χ4n) is 1.75. The molecule has 0 spiro atoms. The average Bonchev–Trinajstić information content (AvgIpc) is 3.05. The van der Waals surface area contributed by atoms with Crippen molar-refractivity contribution in [3.63, 3.8) is 0 Å². The zero-order valence-electron chi connectivity index (χ0n) is 9.62. The fraction of sp³-hybridized carbons (Fsp3) is 0.308. The van der Waals surface area contributed by atoms with E-state index in [0.29, 0.717) is 16.8 Å². The fourth-order valence-corrected chi connectivity index (χ4v) is 2.51. The number of halogens is 2. The molecule has 1 N–H and O–H groups in total. The van der Waals surface area contributed by atoms with Gasteiger partial charge in [-0.15, -0.1) is 0 Å². The molecule has 1 heterocycles. The second kappa shape index (κ2) is 5.03. The van der Waals surface area contributed by atoms with Crippen LogP contribution < -0.4 is 5.32 Å². The third-order valence-corrected chi connectivity index (χ3v) is 3.71. The zero-order valence-corrected chi connectivity index (χ0v) is 12.0. The lowest BCUT2D eigenvalue weighted by Crippen LogP contribution is -2.15. The minimum atomic E-state index is 0.655. The van der Waals surface area contributed by atoms with Crippen LogP contribution in [0.3, 0.4) is 0 Å². The van der Waals surface area contributed by atoms with Crippen LogP contribution in [0.2, 0.25) is 5.02 Å². The van der Waals surface area contributed by atoms with Crippen LogP contribution in [-0.2, 0) is 6.54 Å². The molecule has 0 saturated heterocycles. The van der Waals surface area contributed by atoms with E-state index >= 15 is 0 Å². The van der Waals surface area contributed by atoms with Gasteiger partial charge in [0, 0.05) is 28.7 Å². The summed E-state index contributed by atoms with van der Waals surface area (Å²) in [5.41, 5.74) is 1.78. The van der Waals surface area contributed by atoms with E-state index in [1.807, 2.05) is 24.3 Å². The molecular weight excluding hydrogens is 316 g/mol. The normalized spacial score (nSPS) is 15.0. The highest BCUT2D eigenvalue weighted by Crippen LogP contribution is 2.31. The van der Waals surface area contributed by atoms with E-state index in [-0.39, 0.29) is 0 Å². The number of hydrogen-bond acceptors (Lipinski definition) is 3. The molecule has 0 bridgehead atoms. The summed E-state index contributed by atoms with van der Waals surface area (Å²) < 4.78 is 6.28. The van der Waals surface area contributed by atoms with Crippen LogP contribution in [0.5, 0.6) is 0 Å². The van der Waals surface area contributed by atoms with Crippen molar-refractivity contribution in [2.24, 2.45) is 0 Å². The van der Waals surface area contributed by atoms with Crippen LogP contribution in [0.25, 0.3) is 11.3 Å². The molecule has 3 nitrogen and oxygen atoms in total. The Labute approximate surface area is 119 Å². The maximum absolute atomic E-state index is 6.18. The van der Waals surface area contributed by atoms with Crippen molar-refractivity contribution in [1.29, 1.82) is 0 Å². The number of nitrogens with zero attached hydrogens (tertiary/aromatic N) is 1. The summed E-state index contributed by atoms with van der Waals surface area (Å²) >= 11 is 9.56. The zero-order chi connectivity index (χ0) is 12.5. The van der Waals surface area contributed by atoms with E-state index in [2.05, 4.69) is 26.4 Å². The summed E-state index contributed by atoms with van der Waals surface area (Å²) in [6.07, 6.45) is 2.53. The summed E-state index contributed by atoms with van der Waals surface area (Å²) in [5, 5.41) is 8.10. The van der Waals surface area contributed by atoms with Crippen LogP contribution in [0.4, 0.5) is 0 Å². The van der Waals surface area contributed by atoms with Crippen molar-refractivity contribution in [1.82, 2.24) is 10.5 Å². The molecule has 3 rings (SSSR count). The number of benzene rings is 1. The van der Waals surface area contributed by atoms with Crippen LogP contribution in [0.1, 0.15) is 18.5 Å². The monoisotopic (exact) mass is 326 g/mol. The highest BCUT2D eigenvalue weighted by molar-refractivity contribution is 9.10. The van der Waals surface area contributed by atoms with Crippen LogP contribution in [-0.4, -0.2) is 11.2 Å². The van der Waals surface area contributed by atoms with Gasteiger partial charge in [-0.2, -0.15) is 0 Å². The molecule has 94 valence electrons. The van der Waals surface area contributed by atoms with Crippen molar-refractivity contribution in [2.45, 2.75) is 25.4 Å². The Balaban J connectivity index is 1.78. The maximum Gasteiger partial charge on any atom is 0.168 e. The summed E-state index contributed by atoms with van der Waals surface area (Å²) in [6, 6.07) is 8.31. The second-order valence-electron chi connectivity index (χ2n) is 4.46. The number of aromatic nitrogens is 1. The van der Waals surface area contributed by atoms with E-state index in [1.54, 1.807) is 0 Å². The first kappa shape index (κ1) is 12.2. The van der Waals surface area contributed by atoms with Gasteiger partial charge in [0.05, 0.1) is 10.7 Å². The SMILES string of the molecule is Clc1cc(Br)ccc1-c1cc(CNC2CC2)no1. The lowest BCUT2D eigenvalue weighted by atomic mass is 10.1. The van der Waals surface area contributed by atoms with Crippen molar-refractivity contribution < 1.29 is 4.52 Å². The third-order valence-electron chi connectivity index (χ3n) is 2.90. The maximum atomic E-state index is 6.18. The molecule has 0 aliphatic heterocycles. The van der Waals surface area contributed by atoms with Crippen molar-refractivity contribution in [3.05, 3.63) is 39.5 Å². The Morgan fingerprint density at radius 3 is 2.94 bits per heavy atom. The summed E-state index contributed by atoms with van der Waals surface area (Å²) in [4.78, 5) is 0. The molecule has 1 aliphatic rings. The Kier molecular flexibility index (Phi) is 3.41. The molecule has 0 radical (unpaired) electrons. The largest absolute Gasteiger partial charge is 0.356 e. The predicted molar refractivity (Wildman–Crippen MR) is 74.5 cm³/mol. The molecule has 1 aliphatic carbocycles.